The largest absolute Gasteiger partial charge is 0.356 e. The van der Waals surface area contributed by atoms with E-state index < -0.39 is 0 Å². The smallest absolute Gasteiger partial charge is 0.252 e. The Morgan fingerprint density at radius 1 is 1.08 bits per heavy atom. The summed E-state index contributed by atoms with van der Waals surface area (Å²) in [6.07, 6.45) is 3.98. The van der Waals surface area contributed by atoms with Crippen molar-refractivity contribution in [1.82, 2.24) is 20.9 Å². The van der Waals surface area contributed by atoms with Crippen LogP contribution in [0.4, 0.5) is 0 Å². The lowest BCUT2D eigenvalue weighted by Crippen LogP contribution is -2.42. The van der Waals surface area contributed by atoms with Crippen LogP contribution in [0.2, 0.25) is 5.02 Å². The minimum atomic E-state index is -0.142. The molecule has 1 amide bonds. The average Bonchev–Trinajstić information content (AvgIpc) is 2.65. The molecule has 2 rings (SSSR count). The molecule has 1 aromatic heterocycles. The van der Waals surface area contributed by atoms with Crippen LogP contribution >= 0.6 is 11.6 Å². The molecule has 0 atom stereocenters. The number of halogens is 1. The van der Waals surface area contributed by atoms with Gasteiger partial charge in [0.05, 0.1) is 5.56 Å². The summed E-state index contributed by atoms with van der Waals surface area (Å²) in [5.74, 6) is 0.541. The van der Waals surface area contributed by atoms with Crippen LogP contribution in [0, 0.1) is 0 Å². The fourth-order valence-corrected chi connectivity index (χ4v) is 2.42. The highest BCUT2D eigenvalue weighted by Crippen LogP contribution is 2.14. The lowest BCUT2D eigenvalue weighted by atomic mass is 10.1. The van der Waals surface area contributed by atoms with Crippen molar-refractivity contribution in [2.45, 2.75) is 6.42 Å². The minimum absolute atomic E-state index is 0.142. The predicted octanol–water partition coefficient (Wildman–Crippen LogP) is 1.87. The van der Waals surface area contributed by atoms with E-state index in [1.165, 1.54) is 6.20 Å². The lowest BCUT2D eigenvalue weighted by Gasteiger charge is -2.12. The quantitative estimate of drug-likeness (QED) is 0.400. The SMILES string of the molecule is CN=C(NCCNC(=O)c1cccnc1)NCCc1ccccc1Cl. The van der Waals surface area contributed by atoms with Gasteiger partial charge in [-0.2, -0.15) is 0 Å². The summed E-state index contributed by atoms with van der Waals surface area (Å²) < 4.78 is 0. The summed E-state index contributed by atoms with van der Waals surface area (Å²) in [7, 11) is 1.71. The third kappa shape index (κ3) is 6.43. The molecule has 0 aliphatic rings. The van der Waals surface area contributed by atoms with Crippen LogP contribution in [0.1, 0.15) is 15.9 Å². The van der Waals surface area contributed by atoms with Crippen molar-refractivity contribution in [3.63, 3.8) is 0 Å². The summed E-state index contributed by atoms with van der Waals surface area (Å²) in [4.78, 5) is 20.0. The van der Waals surface area contributed by atoms with E-state index in [4.69, 9.17) is 11.6 Å². The normalized spacial score (nSPS) is 11.0. The van der Waals surface area contributed by atoms with Crippen LogP contribution < -0.4 is 16.0 Å². The number of pyridine rings is 1. The number of rotatable bonds is 7. The molecule has 2 aromatic rings. The fraction of sp³-hybridized carbons (Fsp3) is 0.278. The molecular formula is C18H22ClN5O. The highest BCUT2D eigenvalue weighted by atomic mass is 35.5. The second-order valence-corrected chi connectivity index (χ2v) is 5.67. The molecule has 0 saturated heterocycles. The van der Waals surface area contributed by atoms with Crippen LogP contribution in [0.5, 0.6) is 0 Å². The molecule has 0 radical (unpaired) electrons. The Labute approximate surface area is 152 Å². The van der Waals surface area contributed by atoms with Crippen molar-refractivity contribution in [1.29, 1.82) is 0 Å². The van der Waals surface area contributed by atoms with E-state index in [9.17, 15) is 4.79 Å². The maximum absolute atomic E-state index is 11.9. The zero-order chi connectivity index (χ0) is 17.9. The zero-order valence-corrected chi connectivity index (χ0v) is 14.9. The number of benzene rings is 1. The number of aromatic nitrogens is 1. The predicted molar refractivity (Wildman–Crippen MR) is 101 cm³/mol. The molecule has 0 unspecified atom stereocenters. The van der Waals surface area contributed by atoms with Crippen LogP contribution in [0.25, 0.3) is 0 Å². The first-order chi connectivity index (χ1) is 12.2. The second kappa shape index (κ2) is 10.3. The molecule has 0 fully saturated rings. The topological polar surface area (TPSA) is 78.4 Å². The van der Waals surface area contributed by atoms with E-state index in [0.717, 1.165) is 17.0 Å². The van der Waals surface area contributed by atoms with E-state index in [1.54, 1.807) is 25.4 Å². The van der Waals surface area contributed by atoms with E-state index in [0.29, 0.717) is 31.2 Å². The summed E-state index contributed by atoms with van der Waals surface area (Å²) in [5, 5.41) is 9.97. The molecule has 0 spiro atoms. The molecular weight excluding hydrogens is 338 g/mol. The Hall–Kier alpha value is -2.60. The number of nitrogens with zero attached hydrogens (tertiary/aromatic N) is 2. The summed E-state index contributed by atoms with van der Waals surface area (Å²) >= 11 is 6.14. The van der Waals surface area contributed by atoms with Crippen LogP contribution in [-0.4, -0.2) is 43.5 Å². The van der Waals surface area contributed by atoms with Gasteiger partial charge in [-0.25, -0.2) is 0 Å². The molecule has 1 aromatic carbocycles. The first-order valence-electron chi connectivity index (χ1n) is 8.07. The highest BCUT2D eigenvalue weighted by Gasteiger charge is 2.04. The van der Waals surface area contributed by atoms with Gasteiger partial charge in [0.1, 0.15) is 0 Å². The van der Waals surface area contributed by atoms with E-state index in [2.05, 4.69) is 25.9 Å². The van der Waals surface area contributed by atoms with Crippen molar-refractivity contribution in [2.75, 3.05) is 26.7 Å². The minimum Gasteiger partial charge on any atom is -0.356 e. The Kier molecular flexibility index (Phi) is 7.72. The number of hydrogen-bond acceptors (Lipinski definition) is 3. The molecule has 7 heteroatoms. The van der Waals surface area contributed by atoms with Gasteiger partial charge in [-0.05, 0) is 30.2 Å². The van der Waals surface area contributed by atoms with Gasteiger partial charge in [-0.15, -0.1) is 0 Å². The van der Waals surface area contributed by atoms with Gasteiger partial charge in [-0.3, -0.25) is 14.8 Å². The van der Waals surface area contributed by atoms with Crippen LogP contribution in [0.3, 0.4) is 0 Å². The van der Waals surface area contributed by atoms with E-state index in [-0.39, 0.29) is 5.91 Å². The fourth-order valence-electron chi connectivity index (χ4n) is 2.19. The Bertz CT molecular complexity index is 706. The van der Waals surface area contributed by atoms with Gasteiger partial charge < -0.3 is 16.0 Å². The van der Waals surface area contributed by atoms with Gasteiger partial charge in [0.2, 0.25) is 0 Å². The maximum Gasteiger partial charge on any atom is 0.252 e. The number of carbonyl (C=O) groups is 1. The Balaban J connectivity index is 1.65. The van der Waals surface area contributed by atoms with Crippen molar-refractivity contribution in [3.05, 3.63) is 64.9 Å². The number of aliphatic imine (C=N–C) groups is 1. The van der Waals surface area contributed by atoms with Crippen molar-refractivity contribution in [3.8, 4) is 0 Å². The molecule has 6 nitrogen and oxygen atoms in total. The third-order valence-corrected chi connectivity index (χ3v) is 3.86. The number of hydrogen-bond donors (Lipinski definition) is 3. The van der Waals surface area contributed by atoms with Gasteiger partial charge in [0, 0.05) is 44.1 Å². The molecule has 25 heavy (non-hydrogen) atoms. The molecule has 132 valence electrons. The zero-order valence-electron chi connectivity index (χ0n) is 14.1. The molecule has 0 aliphatic heterocycles. The molecule has 0 bridgehead atoms. The van der Waals surface area contributed by atoms with Gasteiger partial charge >= 0.3 is 0 Å². The average molecular weight is 360 g/mol. The summed E-state index contributed by atoms with van der Waals surface area (Å²) in [6.45, 7) is 1.77. The standard InChI is InChI=1S/C18H22ClN5O/c1-20-18(23-10-8-14-5-2-3-7-16(14)19)24-12-11-22-17(25)15-6-4-9-21-13-15/h2-7,9,13H,8,10-12H2,1H3,(H,22,25)(H2,20,23,24). The monoisotopic (exact) mass is 359 g/mol. The lowest BCUT2D eigenvalue weighted by molar-refractivity contribution is 0.0954. The van der Waals surface area contributed by atoms with Crippen molar-refractivity contribution >= 4 is 23.5 Å². The highest BCUT2D eigenvalue weighted by molar-refractivity contribution is 6.31. The van der Waals surface area contributed by atoms with Gasteiger partial charge in [0.15, 0.2) is 5.96 Å². The third-order valence-electron chi connectivity index (χ3n) is 3.49. The summed E-state index contributed by atoms with van der Waals surface area (Å²) in [6, 6.07) is 11.2. The number of amides is 1. The van der Waals surface area contributed by atoms with Crippen LogP contribution in [0.15, 0.2) is 53.8 Å². The molecule has 0 saturated carbocycles. The molecule has 1 heterocycles. The van der Waals surface area contributed by atoms with Crippen molar-refractivity contribution < 1.29 is 4.79 Å². The van der Waals surface area contributed by atoms with E-state index in [1.807, 2.05) is 24.3 Å². The number of guanidine groups is 1. The number of nitrogens with one attached hydrogen (secondary N) is 3. The molecule has 3 N–H and O–H groups in total. The number of carbonyl (C=O) groups excluding carboxylic acids is 1. The van der Waals surface area contributed by atoms with E-state index >= 15 is 0 Å². The Morgan fingerprint density at radius 2 is 1.84 bits per heavy atom. The first-order valence-corrected chi connectivity index (χ1v) is 8.44. The van der Waals surface area contributed by atoms with Gasteiger partial charge in [0.25, 0.3) is 5.91 Å². The Morgan fingerprint density at radius 3 is 2.56 bits per heavy atom. The molecule has 0 aliphatic carbocycles. The second-order valence-electron chi connectivity index (χ2n) is 5.26. The van der Waals surface area contributed by atoms with Crippen molar-refractivity contribution in [2.24, 2.45) is 4.99 Å². The maximum atomic E-state index is 11.9. The summed E-state index contributed by atoms with van der Waals surface area (Å²) in [5.41, 5.74) is 1.64. The van der Waals surface area contributed by atoms with Gasteiger partial charge in [-0.1, -0.05) is 29.8 Å². The first kappa shape index (κ1) is 18.7. The van der Waals surface area contributed by atoms with Crippen LogP contribution in [-0.2, 0) is 6.42 Å².